The molecule has 3 aromatic rings. The fourth-order valence-corrected chi connectivity index (χ4v) is 6.34. The third kappa shape index (κ3) is 5.36. The van der Waals surface area contributed by atoms with Crippen LogP contribution in [0.15, 0.2) is 53.6 Å². The van der Waals surface area contributed by atoms with Gasteiger partial charge >= 0.3 is 12.3 Å². The van der Waals surface area contributed by atoms with Gasteiger partial charge in [0, 0.05) is 30.2 Å². The second-order valence-corrected chi connectivity index (χ2v) is 11.9. The van der Waals surface area contributed by atoms with Crippen LogP contribution < -0.4 is 0 Å². The van der Waals surface area contributed by atoms with Gasteiger partial charge in [0.1, 0.15) is 10.5 Å². The molecule has 1 fully saturated rings. The molecular formula is C26H27F5N2O4S. The monoisotopic (exact) mass is 558 g/mol. The summed E-state index contributed by atoms with van der Waals surface area (Å²) in [7, 11) is -4.88. The van der Waals surface area contributed by atoms with Crippen molar-refractivity contribution in [2.24, 2.45) is 0 Å². The molecule has 6 nitrogen and oxygen atoms in total. The quantitative estimate of drug-likeness (QED) is 0.325. The molecule has 0 atom stereocenters. The van der Waals surface area contributed by atoms with Crippen molar-refractivity contribution in [3.05, 3.63) is 65.4 Å². The van der Waals surface area contributed by atoms with Crippen LogP contribution in [0.3, 0.4) is 0 Å². The molecule has 2 aromatic carbocycles. The van der Waals surface area contributed by atoms with Gasteiger partial charge in [-0.1, -0.05) is 24.3 Å². The number of hydrogen-bond acceptors (Lipinski definition) is 4. The highest BCUT2D eigenvalue weighted by molar-refractivity contribution is 7.90. The van der Waals surface area contributed by atoms with Crippen LogP contribution in [0.1, 0.15) is 62.6 Å². The second kappa shape index (κ2) is 9.87. The Labute approximate surface area is 217 Å². The van der Waals surface area contributed by atoms with Crippen LogP contribution in [0, 0.1) is 0 Å². The summed E-state index contributed by atoms with van der Waals surface area (Å²) in [6.45, 7) is 5.85. The Balaban J connectivity index is 1.76. The van der Waals surface area contributed by atoms with Crippen LogP contribution in [0.5, 0.6) is 0 Å². The van der Waals surface area contributed by atoms with Crippen molar-refractivity contribution in [1.29, 1.82) is 0 Å². The summed E-state index contributed by atoms with van der Waals surface area (Å²) in [6.07, 6.45) is -6.99. The number of fused-ring (bicyclic) bond motifs is 1. The summed E-state index contributed by atoms with van der Waals surface area (Å²) in [5.41, 5.74) is -2.32. The summed E-state index contributed by atoms with van der Waals surface area (Å²) in [6, 6.07) is 8.05. The van der Waals surface area contributed by atoms with E-state index in [1.165, 1.54) is 17.0 Å². The molecule has 0 N–H and O–H groups in total. The number of carbonyl (C=O) groups excluding carboxylic acids is 1. The van der Waals surface area contributed by atoms with E-state index in [1.807, 2.05) is 0 Å². The fourth-order valence-electron chi connectivity index (χ4n) is 4.75. The Morgan fingerprint density at radius 3 is 2.21 bits per heavy atom. The molecule has 12 heteroatoms. The Kier molecular flexibility index (Phi) is 7.24. The van der Waals surface area contributed by atoms with Crippen molar-refractivity contribution in [2.75, 3.05) is 13.1 Å². The molecule has 0 bridgehead atoms. The number of halogens is 5. The van der Waals surface area contributed by atoms with Crippen LogP contribution in [-0.4, -0.2) is 42.1 Å². The van der Waals surface area contributed by atoms with E-state index < -0.39 is 50.3 Å². The van der Waals surface area contributed by atoms with Gasteiger partial charge in [0.15, 0.2) is 0 Å². The van der Waals surface area contributed by atoms with Crippen molar-refractivity contribution in [2.45, 2.75) is 62.6 Å². The Hall–Kier alpha value is -3.15. The number of likely N-dealkylation sites (tertiary alicyclic amines) is 1. The number of piperidine rings is 1. The first-order chi connectivity index (χ1) is 17.6. The maximum Gasteiger partial charge on any atom is 0.417 e. The van der Waals surface area contributed by atoms with E-state index in [1.54, 1.807) is 26.8 Å². The highest BCUT2D eigenvalue weighted by Crippen LogP contribution is 2.41. The molecule has 4 rings (SSSR count). The van der Waals surface area contributed by atoms with Crippen molar-refractivity contribution in [1.82, 2.24) is 8.87 Å². The Bertz CT molecular complexity index is 1450. The summed E-state index contributed by atoms with van der Waals surface area (Å²) < 4.78 is 102. The van der Waals surface area contributed by atoms with Gasteiger partial charge in [-0.05, 0) is 63.3 Å². The Morgan fingerprint density at radius 1 is 1.00 bits per heavy atom. The Morgan fingerprint density at radius 2 is 1.63 bits per heavy atom. The number of carbonyl (C=O) groups is 1. The zero-order valence-corrected chi connectivity index (χ0v) is 21.7. The predicted molar refractivity (Wildman–Crippen MR) is 131 cm³/mol. The minimum atomic E-state index is -4.97. The summed E-state index contributed by atoms with van der Waals surface area (Å²) in [5.74, 6) is -0.282. The summed E-state index contributed by atoms with van der Waals surface area (Å²) in [4.78, 5) is 12.9. The van der Waals surface area contributed by atoms with Crippen molar-refractivity contribution in [3.8, 4) is 0 Å². The molecule has 1 aromatic heterocycles. The number of nitrogens with zero attached hydrogens (tertiary/aromatic N) is 2. The molecule has 0 spiro atoms. The second-order valence-electron chi connectivity index (χ2n) is 10.2. The van der Waals surface area contributed by atoms with Gasteiger partial charge in [-0.2, -0.15) is 13.2 Å². The summed E-state index contributed by atoms with van der Waals surface area (Å²) in [5, 5.41) is -0.00807. The van der Waals surface area contributed by atoms with Gasteiger partial charge in [-0.15, -0.1) is 0 Å². The van der Waals surface area contributed by atoms with Crippen molar-refractivity contribution < 1.29 is 39.9 Å². The van der Waals surface area contributed by atoms with Gasteiger partial charge in [-0.3, -0.25) is 0 Å². The lowest BCUT2D eigenvalue weighted by Gasteiger charge is -2.34. The maximum atomic E-state index is 14.2. The van der Waals surface area contributed by atoms with Gasteiger partial charge in [0.05, 0.1) is 11.1 Å². The highest BCUT2D eigenvalue weighted by Gasteiger charge is 2.38. The third-order valence-corrected chi connectivity index (χ3v) is 8.14. The molecule has 2 heterocycles. The van der Waals surface area contributed by atoms with Crippen LogP contribution in [-0.2, 0) is 20.9 Å². The summed E-state index contributed by atoms with van der Waals surface area (Å²) >= 11 is 0. The normalized spacial score (nSPS) is 15.9. The number of aromatic nitrogens is 1. The number of rotatable bonds is 4. The van der Waals surface area contributed by atoms with Gasteiger partial charge < -0.3 is 9.64 Å². The predicted octanol–water partition coefficient (Wildman–Crippen LogP) is 6.95. The molecule has 0 radical (unpaired) electrons. The first kappa shape index (κ1) is 27.9. The standard InChI is InChI=1S/C26H27F5N2O4S/c1-25(2,3)37-24(34)32-13-11-16(12-14-32)17-7-6-9-20-22(17)18(23(27)28)15-33(20)38(35,36)21-10-5-4-8-19(21)26(29,30)31/h4-10,15-16,23H,11-14H2,1-3H3. The lowest BCUT2D eigenvalue weighted by atomic mass is 9.86. The zero-order valence-electron chi connectivity index (χ0n) is 20.9. The number of alkyl halides is 5. The van der Waals surface area contributed by atoms with E-state index >= 15 is 0 Å². The number of hydrogen-bond donors (Lipinski definition) is 0. The van der Waals surface area contributed by atoms with E-state index in [-0.39, 0.29) is 16.8 Å². The molecule has 1 aliphatic heterocycles. The number of benzene rings is 2. The number of amides is 1. The van der Waals surface area contributed by atoms with Gasteiger partial charge in [0.2, 0.25) is 0 Å². The maximum absolute atomic E-state index is 14.2. The number of ether oxygens (including phenoxy) is 1. The highest BCUT2D eigenvalue weighted by atomic mass is 32.2. The van der Waals surface area contributed by atoms with Gasteiger partial charge in [0.25, 0.3) is 16.4 Å². The smallest absolute Gasteiger partial charge is 0.417 e. The van der Waals surface area contributed by atoms with Crippen LogP contribution in [0.25, 0.3) is 10.9 Å². The molecule has 1 amide bonds. The lowest BCUT2D eigenvalue weighted by molar-refractivity contribution is -0.139. The molecule has 206 valence electrons. The lowest BCUT2D eigenvalue weighted by Crippen LogP contribution is -2.41. The average Bonchev–Trinajstić information content (AvgIpc) is 3.24. The van der Waals surface area contributed by atoms with E-state index in [9.17, 15) is 35.2 Å². The molecule has 1 aliphatic rings. The first-order valence-corrected chi connectivity index (χ1v) is 13.4. The minimum absolute atomic E-state index is 0.00807. The minimum Gasteiger partial charge on any atom is -0.444 e. The molecule has 1 saturated heterocycles. The zero-order chi connectivity index (χ0) is 28.0. The fraction of sp³-hybridized carbons (Fsp3) is 0.423. The average molecular weight is 559 g/mol. The van der Waals surface area contributed by atoms with E-state index in [2.05, 4.69) is 0 Å². The van der Waals surface area contributed by atoms with Crippen LogP contribution >= 0.6 is 0 Å². The SMILES string of the molecule is CC(C)(C)OC(=O)N1CCC(c2cccc3c2c(C(F)F)cn3S(=O)(=O)c2ccccc2C(F)(F)F)CC1. The molecule has 0 saturated carbocycles. The first-order valence-electron chi connectivity index (χ1n) is 11.9. The van der Waals surface area contributed by atoms with Crippen molar-refractivity contribution in [3.63, 3.8) is 0 Å². The van der Waals surface area contributed by atoms with Gasteiger partial charge in [-0.25, -0.2) is 26.0 Å². The largest absolute Gasteiger partial charge is 0.444 e. The topological polar surface area (TPSA) is 68.6 Å². The molecule has 0 aliphatic carbocycles. The van der Waals surface area contributed by atoms with E-state index in [4.69, 9.17) is 4.74 Å². The third-order valence-electron chi connectivity index (χ3n) is 6.41. The molecule has 0 unspecified atom stereocenters. The molecular weight excluding hydrogens is 531 g/mol. The van der Waals surface area contributed by atoms with E-state index in [0.717, 1.165) is 18.2 Å². The van der Waals surface area contributed by atoms with Crippen LogP contribution in [0.2, 0.25) is 0 Å². The van der Waals surface area contributed by atoms with Crippen LogP contribution in [0.4, 0.5) is 26.7 Å². The van der Waals surface area contributed by atoms with E-state index in [0.29, 0.717) is 47.7 Å². The van der Waals surface area contributed by atoms with Crippen molar-refractivity contribution >= 4 is 27.0 Å². The molecule has 38 heavy (non-hydrogen) atoms.